The van der Waals surface area contributed by atoms with Gasteiger partial charge in [0.1, 0.15) is 18.0 Å². The molecule has 0 bridgehead atoms. The van der Waals surface area contributed by atoms with E-state index < -0.39 is 17.6 Å². The third kappa shape index (κ3) is 4.99. The first-order valence-electron chi connectivity index (χ1n) is 12.4. The topological polar surface area (TPSA) is 95.4 Å². The van der Waals surface area contributed by atoms with Gasteiger partial charge in [0.15, 0.2) is 11.5 Å². The molecule has 0 aliphatic carbocycles. The van der Waals surface area contributed by atoms with Crippen LogP contribution in [0.3, 0.4) is 0 Å². The number of carbonyl (C=O) groups excluding carboxylic acids is 1. The van der Waals surface area contributed by atoms with Crippen LogP contribution < -0.4 is 14.4 Å². The zero-order valence-corrected chi connectivity index (χ0v) is 22.3. The van der Waals surface area contributed by atoms with E-state index in [2.05, 4.69) is 9.88 Å². The molecule has 2 aliphatic rings. The van der Waals surface area contributed by atoms with Crippen molar-refractivity contribution in [3.05, 3.63) is 46.6 Å². The van der Waals surface area contributed by atoms with Gasteiger partial charge in [-0.1, -0.05) is 31.5 Å². The van der Waals surface area contributed by atoms with Crippen molar-refractivity contribution in [3.8, 4) is 11.5 Å². The zero-order chi connectivity index (χ0) is 26.2. The zero-order valence-electron chi connectivity index (χ0n) is 21.6. The molecule has 0 radical (unpaired) electrons. The van der Waals surface area contributed by atoms with Crippen LogP contribution in [0.5, 0.6) is 11.5 Å². The third-order valence-electron chi connectivity index (χ3n) is 7.75. The number of aryl methyl sites for hydroxylation is 1. The Morgan fingerprint density at radius 3 is 2.58 bits per heavy atom. The van der Waals surface area contributed by atoms with Crippen LogP contribution in [0.2, 0.25) is 5.02 Å². The van der Waals surface area contributed by atoms with E-state index in [4.69, 9.17) is 21.1 Å². The minimum Gasteiger partial charge on any atom is -0.493 e. The Hall–Kier alpha value is -2.55. The number of hydrogen-bond acceptors (Lipinski definition) is 7. The second kappa shape index (κ2) is 10.4. The smallest absolute Gasteiger partial charge is 0.251 e. The molecule has 0 saturated carbocycles. The van der Waals surface area contributed by atoms with Gasteiger partial charge in [-0.15, -0.1) is 0 Å². The van der Waals surface area contributed by atoms with Gasteiger partial charge in [0.25, 0.3) is 5.91 Å². The Morgan fingerprint density at radius 1 is 1.25 bits per heavy atom. The van der Waals surface area contributed by atoms with Gasteiger partial charge >= 0.3 is 0 Å². The van der Waals surface area contributed by atoms with Gasteiger partial charge in [0, 0.05) is 35.6 Å². The standard InChI is InChI=1S/C27H36ClN3O5/c1-6-22(33)26(34)31-14-20(27(4,15-31)17(3)32)18-7-8-23(35-5)24(9-18)36-19-12-30(13-19)25-10-21(28)16(2)11-29-25/h7-11,17,19-20,22,32-33H,6,12-15H2,1-5H3/t17-,20+,22+,27+/m1/s1. The number of rotatable bonds is 8. The normalized spacial score (nSPS) is 23.8. The van der Waals surface area contributed by atoms with E-state index in [1.807, 2.05) is 38.1 Å². The highest BCUT2D eigenvalue weighted by molar-refractivity contribution is 6.31. The quantitative estimate of drug-likeness (QED) is 0.554. The maximum absolute atomic E-state index is 12.7. The number of hydrogen-bond donors (Lipinski definition) is 2. The summed E-state index contributed by atoms with van der Waals surface area (Å²) in [4.78, 5) is 21.0. The first-order valence-corrected chi connectivity index (χ1v) is 12.8. The van der Waals surface area contributed by atoms with Crippen LogP contribution in [0.15, 0.2) is 30.5 Å². The number of amides is 1. The van der Waals surface area contributed by atoms with E-state index >= 15 is 0 Å². The largest absolute Gasteiger partial charge is 0.493 e. The molecule has 0 unspecified atom stereocenters. The van der Waals surface area contributed by atoms with Crippen molar-refractivity contribution in [2.75, 3.05) is 38.2 Å². The van der Waals surface area contributed by atoms with Crippen molar-refractivity contribution in [1.29, 1.82) is 0 Å². The number of nitrogens with zero attached hydrogens (tertiary/aromatic N) is 3. The summed E-state index contributed by atoms with van der Waals surface area (Å²) in [6.45, 7) is 9.58. The fourth-order valence-electron chi connectivity index (χ4n) is 5.02. The van der Waals surface area contributed by atoms with Crippen molar-refractivity contribution in [1.82, 2.24) is 9.88 Å². The van der Waals surface area contributed by atoms with Gasteiger partial charge < -0.3 is 29.5 Å². The SMILES string of the molecule is CC[C@H](O)C(=O)N1C[C@@H](c2ccc(OC)c(OC3CN(c4cc(Cl)c(C)cn4)C3)c2)[C@](C)([C@@H](C)O)C1. The Balaban J connectivity index is 1.52. The van der Waals surface area contributed by atoms with Crippen LogP contribution in [0.4, 0.5) is 5.82 Å². The molecule has 8 nitrogen and oxygen atoms in total. The molecule has 4 rings (SSSR count). The van der Waals surface area contributed by atoms with Gasteiger partial charge in [-0.05, 0) is 49.6 Å². The molecular weight excluding hydrogens is 482 g/mol. The lowest BCUT2D eigenvalue weighted by atomic mass is 9.72. The lowest BCUT2D eigenvalue weighted by Gasteiger charge is -2.40. The van der Waals surface area contributed by atoms with E-state index in [-0.39, 0.29) is 17.9 Å². The molecule has 4 atom stereocenters. The average molecular weight is 518 g/mol. The predicted octanol–water partition coefficient (Wildman–Crippen LogP) is 3.40. The molecule has 9 heteroatoms. The molecule has 2 fully saturated rings. The van der Waals surface area contributed by atoms with Crippen molar-refractivity contribution in [2.24, 2.45) is 5.41 Å². The van der Waals surface area contributed by atoms with Crippen LogP contribution in [0.1, 0.15) is 44.2 Å². The number of methoxy groups -OCH3 is 1. The summed E-state index contributed by atoms with van der Waals surface area (Å²) in [5.74, 6) is 1.65. The fraction of sp³-hybridized carbons (Fsp3) is 0.556. The second-order valence-electron chi connectivity index (χ2n) is 10.2. The molecule has 2 aromatic rings. The van der Waals surface area contributed by atoms with E-state index in [9.17, 15) is 15.0 Å². The summed E-state index contributed by atoms with van der Waals surface area (Å²) in [5, 5.41) is 21.5. The minimum atomic E-state index is -1.03. The lowest BCUT2D eigenvalue weighted by Crippen LogP contribution is -2.54. The van der Waals surface area contributed by atoms with Crippen LogP contribution in [-0.2, 0) is 4.79 Å². The van der Waals surface area contributed by atoms with Crippen molar-refractivity contribution < 1.29 is 24.5 Å². The van der Waals surface area contributed by atoms with E-state index in [1.54, 1.807) is 32.1 Å². The number of aromatic nitrogens is 1. The van der Waals surface area contributed by atoms with Gasteiger partial charge in [-0.3, -0.25) is 4.79 Å². The molecule has 0 spiro atoms. The molecule has 2 aliphatic heterocycles. The Bertz CT molecular complexity index is 1110. The second-order valence-corrected chi connectivity index (χ2v) is 10.6. The summed E-state index contributed by atoms with van der Waals surface area (Å²) in [6, 6.07) is 7.66. The highest BCUT2D eigenvalue weighted by Gasteiger charge is 2.49. The Morgan fingerprint density at radius 2 is 1.97 bits per heavy atom. The van der Waals surface area contributed by atoms with Gasteiger partial charge in [0.2, 0.25) is 0 Å². The number of anilines is 1. The van der Waals surface area contributed by atoms with Crippen LogP contribution in [0, 0.1) is 12.3 Å². The average Bonchev–Trinajstić information content (AvgIpc) is 3.20. The van der Waals surface area contributed by atoms with E-state index in [0.717, 1.165) is 16.9 Å². The number of carbonyl (C=O) groups is 1. The summed E-state index contributed by atoms with van der Waals surface area (Å²) in [6.07, 6.45) is 0.401. The Kier molecular flexibility index (Phi) is 7.69. The maximum Gasteiger partial charge on any atom is 0.251 e. The third-order valence-corrected chi connectivity index (χ3v) is 8.15. The van der Waals surface area contributed by atoms with Gasteiger partial charge in [-0.2, -0.15) is 0 Å². The maximum atomic E-state index is 12.7. The summed E-state index contributed by atoms with van der Waals surface area (Å²) >= 11 is 6.25. The molecule has 196 valence electrons. The highest BCUT2D eigenvalue weighted by atomic mass is 35.5. The summed E-state index contributed by atoms with van der Waals surface area (Å²) < 4.78 is 11.9. The molecule has 36 heavy (non-hydrogen) atoms. The molecule has 3 heterocycles. The van der Waals surface area contributed by atoms with Crippen molar-refractivity contribution in [3.63, 3.8) is 0 Å². The molecule has 2 saturated heterocycles. The van der Waals surface area contributed by atoms with Crippen LogP contribution >= 0.6 is 11.6 Å². The number of likely N-dealkylation sites (tertiary alicyclic amines) is 1. The number of ether oxygens (including phenoxy) is 2. The minimum absolute atomic E-state index is 0.0412. The first kappa shape index (κ1) is 26.5. The summed E-state index contributed by atoms with van der Waals surface area (Å²) in [5.41, 5.74) is 1.33. The van der Waals surface area contributed by atoms with E-state index in [1.165, 1.54) is 0 Å². The number of pyridine rings is 1. The number of aliphatic hydroxyl groups excluding tert-OH is 2. The highest BCUT2D eigenvalue weighted by Crippen LogP contribution is 2.47. The van der Waals surface area contributed by atoms with Gasteiger partial charge in [-0.25, -0.2) is 4.98 Å². The van der Waals surface area contributed by atoms with Gasteiger partial charge in [0.05, 0.1) is 26.3 Å². The molecule has 1 aromatic heterocycles. The van der Waals surface area contributed by atoms with Crippen LogP contribution in [-0.4, -0.2) is 77.6 Å². The fourth-order valence-corrected chi connectivity index (χ4v) is 5.17. The molecule has 2 N–H and O–H groups in total. The summed E-state index contributed by atoms with van der Waals surface area (Å²) in [7, 11) is 1.61. The predicted molar refractivity (Wildman–Crippen MR) is 139 cm³/mol. The van der Waals surface area contributed by atoms with Crippen LogP contribution in [0.25, 0.3) is 0 Å². The number of benzene rings is 1. The monoisotopic (exact) mass is 517 g/mol. The lowest BCUT2D eigenvalue weighted by molar-refractivity contribution is -0.139. The van der Waals surface area contributed by atoms with E-state index in [0.29, 0.717) is 49.1 Å². The number of aliphatic hydroxyl groups is 2. The van der Waals surface area contributed by atoms with Crippen molar-refractivity contribution >= 4 is 23.3 Å². The molecule has 1 aromatic carbocycles. The molecule has 1 amide bonds. The Labute approximate surface area is 217 Å². The molecular formula is C27H36ClN3O5. The number of halogens is 1. The van der Waals surface area contributed by atoms with Crippen molar-refractivity contribution in [2.45, 2.75) is 58.3 Å². The first-order chi connectivity index (χ1) is 17.1.